The van der Waals surface area contributed by atoms with Crippen molar-refractivity contribution >= 4 is 10.9 Å². The predicted molar refractivity (Wildman–Crippen MR) is 98.2 cm³/mol. The Morgan fingerprint density at radius 1 is 1.12 bits per heavy atom. The average Bonchev–Trinajstić information content (AvgIpc) is 2.67. The molecule has 1 saturated heterocycles. The third kappa shape index (κ3) is 3.59. The van der Waals surface area contributed by atoms with E-state index in [0.29, 0.717) is 25.1 Å². The SMILES string of the molecule is Fc1ccc(C(Cc2ccc3cccnc3c2)C2CNCC[N]2)c(F)c1. The van der Waals surface area contributed by atoms with E-state index in [1.807, 2.05) is 24.3 Å². The first-order chi connectivity index (χ1) is 12.7. The van der Waals surface area contributed by atoms with E-state index >= 15 is 0 Å². The predicted octanol–water partition coefficient (Wildman–Crippen LogP) is 3.42. The standard InChI is InChI=1S/C21H20F2N3/c22-16-5-6-17(19(23)12-16)18(21-13-24-8-9-26-21)10-14-3-4-15-2-1-7-25-20(15)11-14/h1-7,11-12,18,21,24H,8-10,13H2. The quantitative estimate of drug-likeness (QED) is 0.781. The molecule has 2 atom stereocenters. The third-order valence-corrected chi connectivity index (χ3v) is 4.96. The number of benzene rings is 2. The highest BCUT2D eigenvalue weighted by molar-refractivity contribution is 5.78. The number of fused-ring (bicyclic) bond motifs is 1. The second-order valence-electron chi connectivity index (χ2n) is 6.68. The van der Waals surface area contributed by atoms with Gasteiger partial charge in [0.2, 0.25) is 0 Å². The Kier molecular flexibility index (Phi) is 4.91. The number of hydrogen-bond donors (Lipinski definition) is 1. The Bertz CT molecular complexity index is 907. The highest BCUT2D eigenvalue weighted by Gasteiger charge is 2.28. The molecule has 2 unspecified atom stereocenters. The smallest absolute Gasteiger partial charge is 0.129 e. The van der Waals surface area contributed by atoms with Crippen LogP contribution in [0.5, 0.6) is 0 Å². The molecule has 0 aliphatic carbocycles. The lowest BCUT2D eigenvalue weighted by atomic mass is 9.84. The Balaban J connectivity index is 1.69. The molecule has 4 rings (SSSR count). The molecule has 26 heavy (non-hydrogen) atoms. The van der Waals surface area contributed by atoms with E-state index in [2.05, 4.69) is 21.7 Å². The van der Waals surface area contributed by atoms with Gasteiger partial charge in [-0.2, -0.15) is 0 Å². The van der Waals surface area contributed by atoms with Crippen LogP contribution in [0.25, 0.3) is 10.9 Å². The molecule has 5 heteroatoms. The molecule has 0 bridgehead atoms. The molecule has 0 saturated carbocycles. The molecule has 133 valence electrons. The summed E-state index contributed by atoms with van der Waals surface area (Å²) in [6.07, 6.45) is 2.40. The minimum atomic E-state index is -0.557. The van der Waals surface area contributed by atoms with E-state index in [-0.39, 0.29) is 12.0 Å². The molecule has 1 N–H and O–H groups in total. The van der Waals surface area contributed by atoms with Gasteiger partial charge < -0.3 is 5.32 Å². The van der Waals surface area contributed by atoms with Crippen molar-refractivity contribution < 1.29 is 8.78 Å². The Labute approximate surface area is 151 Å². The van der Waals surface area contributed by atoms with E-state index in [1.165, 1.54) is 6.07 Å². The lowest BCUT2D eigenvalue weighted by molar-refractivity contribution is 0.350. The normalized spacial score (nSPS) is 18.8. The minimum absolute atomic E-state index is 0.0388. The van der Waals surface area contributed by atoms with Gasteiger partial charge in [0.1, 0.15) is 11.6 Å². The second-order valence-corrected chi connectivity index (χ2v) is 6.68. The number of nitrogens with one attached hydrogen (secondary N) is 1. The fourth-order valence-electron chi connectivity index (χ4n) is 3.64. The fourth-order valence-corrected chi connectivity index (χ4v) is 3.64. The Hall–Kier alpha value is -2.37. The average molecular weight is 352 g/mol. The molecule has 0 amide bonds. The Morgan fingerprint density at radius 3 is 2.85 bits per heavy atom. The zero-order chi connectivity index (χ0) is 17.9. The Morgan fingerprint density at radius 2 is 2.04 bits per heavy atom. The van der Waals surface area contributed by atoms with Crippen molar-refractivity contribution in [2.45, 2.75) is 18.4 Å². The van der Waals surface area contributed by atoms with E-state index < -0.39 is 11.6 Å². The maximum atomic E-state index is 14.5. The van der Waals surface area contributed by atoms with E-state index in [1.54, 1.807) is 12.3 Å². The van der Waals surface area contributed by atoms with Crippen molar-refractivity contribution in [2.75, 3.05) is 19.6 Å². The van der Waals surface area contributed by atoms with Crippen LogP contribution in [0.15, 0.2) is 54.7 Å². The van der Waals surface area contributed by atoms with Gasteiger partial charge in [-0.1, -0.05) is 24.3 Å². The summed E-state index contributed by atoms with van der Waals surface area (Å²) in [5.74, 6) is -1.21. The van der Waals surface area contributed by atoms with Gasteiger partial charge in [-0.15, -0.1) is 0 Å². The summed E-state index contributed by atoms with van der Waals surface area (Å²) in [7, 11) is 0. The monoisotopic (exact) mass is 352 g/mol. The molecular weight excluding hydrogens is 332 g/mol. The fraction of sp³-hybridized carbons (Fsp3) is 0.286. The largest absolute Gasteiger partial charge is 0.314 e. The van der Waals surface area contributed by atoms with Gasteiger partial charge in [-0.05, 0) is 35.7 Å². The van der Waals surface area contributed by atoms with Crippen LogP contribution in [0.2, 0.25) is 0 Å². The summed E-state index contributed by atoms with van der Waals surface area (Å²) in [6.45, 7) is 2.26. The van der Waals surface area contributed by atoms with E-state index in [9.17, 15) is 8.78 Å². The number of pyridine rings is 1. The van der Waals surface area contributed by atoms with Gasteiger partial charge in [0, 0.05) is 49.2 Å². The van der Waals surface area contributed by atoms with Crippen molar-refractivity contribution in [3.8, 4) is 0 Å². The first kappa shape index (κ1) is 17.1. The van der Waals surface area contributed by atoms with Crippen molar-refractivity contribution in [1.29, 1.82) is 0 Å². The van der Waals surface area contributed by atoms with Crippen LogP contribution >= 0.6 is 0 Å². The lowest BCUT2D eigenvalue weighted by Gasteiger charge is -2.31. The van der Waals surface area contributed by atoms with Gasteiger partial charge in [-0.3, -0.25) is 4.98 Å². The van der Waals surface area contributed by atoms with Crippen LogP contribution in [0.3, 0.4) is 0 Å². The van der Waals surface area contributed by atoms with Crippen LogP contribution in [0, 0.1) is 11.6 Å². The van der Waals surface area contributed by atoms with E-state index in [0.717, 1.165) is 29.1 Å². The number of piperazine rings is 1. The highest BCUT2D eigenvalue weighted by Crippen LogP contribution is 2.29. The molecule has 1 aliphatic heterocycles. The lowest BCUT2D eigenvalue weighted by Crippen LogP contribution is -2.47. The van der Waals surface area contributed by atoms with Crippen LogP contribution in [0.4, 0.5) is 8.78 Å². The summed E-state index contributed by atoms with van der Waals surface area (Å²) in [4.78, 5) is 4.40. The van der Waals surface area contributed by atoms with Gasteiger partial charge in [0.25, 0.3) is 0 Å². The maximum Gasteiger partial charge on any atom is 0.129 e. The topological polar surface area (TPSA) is 39.0 Å². The van der Waals surface area contributed by atoms with Crippen molar-refractivity contribution in [2.24, 2.45) is 0 Å². The second kappa shape index (κ2) is 7.48. The molecule has 2 heterocycles. The minimum Gasteiger partial charge on any atom is -0.314 e. The van der Waals surface area contributed by atoms with Crippen molar-refractivity contribution in [3.05, 3.63) is 77.5 Å². The van der Waals surface area contributed by atoms with Gasteiger partial charge in [0.15, 0.2) is 0 Å². The summed E-state index contributed by atoms with van der Waals surface area (Å²) in [6, 6.07) is 13.8. The van der Waals surface area contributed by atoms with Crippen molar-refractivity contribution in [1.82, 2.24) is 15.6 Å². The summed E-state index contributed by atoms with van der Waals surface area (Å²) >= 11 is 0. The number of nitrogens with zero attached hydrogens (tertiary/aromatic N) is 2. The summed E-state index contributed by atoms with van der Waals surface area (Å²) < 4.78 is 27.9. The first-order valence-corrected chi connectivity index (χ1v) is 8.86. The third-order valence-electron chi connectivity index (χ3n) is 4.96. The van der Waals surface area contributed by atoms with Crippen LogP contribution in [0.1, 0.15) is 17.0 Å². The molecule has 0 spiro atoms. The summed E-state index contributed by atoms with van der Waals surface area (Å²) in [5.41, 5.74) is 2.51. The molecule has 3 aromatic rings. The molecule has 1 fully saturated rings. The molecule has 3 nitrogen and oxygen atoms in total. The number of hydrogen-bond acceptors (Lipinski definition) is 2. The zero-order valence-electron chi connectivity index (χ0n) is 14.3. The summed E-state index contributed by atoms with van der Waals surface area (Å²) in [5, 5.41) is 9.09. The van der Waals surface area contributed by atoms with E-state index in [4.69, 9.17) is 0 Å². The van der Waals surface area contributed by atoms with Crippen molar-refractivity contribution in [3.63, 3.8) is 0 Å². The van der Waals surface area contributed by atoms with Crippen LogP contribution < -0.4 is 10.6 Å². The zero-order valence-corrected chi connectivity index (χ0v) is 14.3. The molecule has 1 aromatic heterocycles. The number of aromatic nitrogens is 1. The molecular formula is C21H20F2N3. The van der Waals surface area contributed by atoms with Gasteiger partial charge >= 0.3 is 0 Å². The molecule has 1 radical (unpaired) electrons. The van der Waals surface area contributed by atoms with Gasteiger partial charge in [0.05, 0.1) is 5.52 Å². The molecule has 2 aromatic carbocycles. The first-order valence-electron chi connectivity index (χ1n) is 8.86. The van der Waals surface area contributed by atoms with Gasteiger partial charge in [-0.25, -0.2) is 14.1 Å². The van der Waals surface area contributed by atoms with Crippen LogP contribution in [-0.4, -0.2) is 30.7 Å². The molecule has 1 aliphatic rings. The number of rotatable bonds is 4. The highest BCUT2D eigenvalue weighted by atomic mass is 19.1. The maximum absolute atomic E-state index is 14.5. The number of halogens is 2. The van der Waals surface area contributed by atoms with Crippen LogP contribution in [-0.2, 0) is 6.42 Å².